The van der Waals surface area contributed by atoms with Gasteiger partial charge in [-0.15, -0.1) is 0 Å². The Morgan fingerprint density at radius 3 is 2.37 bits per heavy atom. The molecule has 10 nitrogen and oxygen atoms in total. The van der Waals surface area contributed by atoms with Gasteiger partial charge < -0.3 is 13.9 Å². The van der Waals surface area contributed by atoms with E-state index in [1.807, 2.05) is 12.1 Å². The number of benzene rings is 2. The third-order valence-electron chi connectivity index (χ3n) is 6.17. The molecule has 1 aliphatic rings. The number of carbonyl (C=O) groups excluding carboxylic acids is 2. The van der Waals surface area contributed by atoms with E-state index in [1.165, 1.54) is 32.4 Å². The zero-order valence-electron chi connectivity index (χ0n) is 20.9. The van der Waals surface area contributed by atoms with Crippen LogP contribution < -0.4 is 9.47 Å². The molecule has 0 aliphatic carbocycles. The van der Waals surface area contributed by atoms with Gasteiger partial charge in [-0.25, -0.2) is 0 Å². The van der Waals surface area contributed by atoms with Crippen molar-refractivity contribution in [2.45, 2.75) is 13.3 Å². The minimum atomic E-state index is -0.654. The minimum Gasteiger partial charge on any atom is -0.493 e. The third kappa shape index (κ3) is 5.03. The smallest absolute Gasteiger partial charge is 0.271 e. The summed E-state index contributed by atoms with van der Waals surface area (Å²) < 4.78 is 16.4. The lowest BCUT2D eigenvalue weighted by Gasteiger charge is -2.27. The highest BCUT2D eigenvalue weighted by Crippen LogP contribution is 2.31. The van der Waals surface area contributed by atoms with E-state index in [4.69, 9.17) is 13.9 Å². The van der Waals surface area contributed by atoms with Crippen LogP contribution in [0.2, 0.25) is 0 Å². The zero-order valence-corrected chi connectivity index (χ0v) is 20.9. The van der Waals surface area contributed by atoms with Gasteiger partial charge in [0.15, 0.2) is 11.5 Å². The number of hydrogen-bond donors (Lipinski definition) is 0. The Balaban J connectivity index is 1.60. The van der Waals surface area contributed by atoms with Crippen LogP contribution in [0, 0.1) is 21.4 Å². The second-order valence-electron chi connectivity index (χ2n) is 8.38. The fourth-order valence-electron chi connectivity index (χ4n) is 4.09. The van der Waals surface area contributed by atoms with Gasteiger partial charge in [0, 0.05) is 29.8 Å². The summed E-state index contributed by atoms with van der Waals surface area (Å²) in [4.78, 5) is 37.8. The number of nitro benzene ring substituents is 1. The number of amides is 2. The number of non-ortho nitro benzene ring substituents is 1. The van der Waals surface area contributed by atoms with Crippen molar-refractivity contribution < 1.29 is 28.4 Å². The molecule has 1 aliphatic heterocycles. The average molecular weight is 514 g/mol. The van der Waals surface area contributed by atoms with Crippen molar-refractivity contribution in [3.05, 3.63) is 92.8 Å². The molecule has 192 valence electrons. The number of rotatable bonds is 8. The summed E-state index contributed by atoms with van der Waals surface area (Å²) in [7, 11) is 3.05. The minimum absolute atomic E-state index is 0.0434. The topological polar surface area (TPSA) is 136 Å². The number of nitrogens with zero attached hydrogens (tertiary/aromatic N) is 3. The van der Waals surface area contributed by atoms with Crippen LogP contribution in [-0.2, 0) is 16.0 Å². The fourth-order valence-corrected chi connectivity index (χ4v) is 4.09. The molecule has 3 aromatic rings. The highest BCUT2D eigenvalue weighted by Gasteiger charge is 2.35. The predicted octanol–water partition coefficient (Wildman–Crippen LogP) is 4.71. The Labute approximate surface area is 218 Å². The lowest BCUT2D eigenvalue weighted by Crippen LogP contribution is -2.43. The fraction of sp³-hybridized carbons (Fsp3) is 0.179. The van der Waals surface area contributed by atoms with Crippen LogP contribution >= 0.6 is 0 Å². The van der Waals surface area contributed by atoms with Crippen LogP contribution in [0.25, 0.3) is 17.4 Å². The van der Waals surface area contributed by atoms with E-state index in [-0.39, 0.29) is 29.0 Å². The second kappa shape index (κ2) is 10.8. The second-order valence-corrected chi connectivity index (χ2v) is 8.38. The van der Waals surface area contributed by atoms with Gasteiger partial charge in [0.1, 0.15) is 23.2 Å². The molecule has 38 heavy (non-hydrogen) atoms. The van der Waals surface area contributed by atoms with E-state index in [0.29, 0.717) is 35.0 Å². The zero-order chi connectivity index (χ0) is 27.4. The van der Waals surface area contributed by atoms with Crippen molar-refractivity contribution in [2.75, 3.05) is 20.8 Å². The standard InChI is InChI=1S/C28H23N3O7/c1-17-22(15-21-9-11-24(38-21)19-5-7-20(8-6-19)31(34)35)27(32)30(28(33)23(17)16-29)13-12-18-4-10-25(36-2)26(14-18)37-3/h4-11,14-15H,12-13H2,1-3H3/b22-15+. The van der Waals surface area contributed by atoms with Gasteiger partial charge in [-0.05, 0) is 67.0 Å². The molecule has 1 aromatic heterocycles. The molecule has 0 saturated carbocycles. The van der Waals surface area contributed by atoms with E-state index in [2.05, 4.69) is 0 Å². The van der Waals surface area contributed by atoms with Gasteiger partial charge in [0.2, 0.25) is 0 Å². The van der Waals surface area contributed by atoms with Gasteiger partial charge in [0.05, 0.1) is 19.1 Å². The van der Waals surface area contributed by atoms with Crippen molar-refractivity contribution in [1.29, 1.82) is 5.26 Å². The number of furan rings is 1. The first-order chi connectivity index (χ1) is 18.3. The summed E-state index contributed by atoms with van der Waals surface area (Å²) in [5.41, 5.74) is 1.70. The summed E-state index contributed by atoms with van der Waals surface area (Å²) in [5.74, 6) is 0.658. The van der Waals surface area contributed by atoms with Gasteiger partial charge in [0.25, 0.3) is 17.5 Å². The normalized spacial score (nSPS) is 14.6. The van der Waals surface area contributed by atoms with Crippen molar-refractivity contribution >= 4 is 23.6 Å². The van der Waals surface area contributed by atoms with E-state index >= 15 is 0 Å². The van der Waals surface area contributed by atoms with Crippen LogP contribution in [0.15, 0.2) is 75.7 Å². The lowest BCUT2D eigenvalue weighted by atomic mass is 9.94. The Morgan fingerprint density at radius 1 is 1.03 bits per heavy atom. The Hall–Kier alpha value is -5.17. The molecule has 10 heteroatoms. The maximum atomic E-state index is 13.4. The Kier molecular flexibility index (Phi) is 7.39. The van der Waals surface area contributed by atoms with Crippen LogP contribution in [0.3, 0.4) is 0 Å². The van der Waals surface area contributed by atoms with E-state index < -0.39 is 16.7 Å². The predicted molar refractivity (Wildman–Crippen MR) is 137 cm³/mol. The maximum absolute atomic E-state index is 13.4. The maximum Gasteiger partial charge on any atom is 0.271 e. The molecular weight excluding hydrogens is 490 g/mol. The molecule has 2 heterocycles. The summed E-state index contributed by atoms with van der Waals surface area (Å²) in [5, 5.41) is 20.5. The molecular formula is C28H23N3O7. The number of nitriles is 1. The molecule has 4 rings (SSSR count). The molecule has 0 radical (unpaired) electrons. The SMILES string of the molecule is COc1ccc(CCN2C(=O)C(C#N)=C(C)/C(=C\c3ccc(-c4ccc([N+](=O)[O-])cc4)o3)C2=O)cc1OC. The van der Waals surface area contributed by atoms with Gasteiger partial charge in [-0.3, -0.25) is 24.6 Å². The number of imide groups is 1. The summed E-state index contributed by atoms with van der Waals surface area (Å²) >= 11 is 0. The van der Waals surface area contributed by atoms with Crippen molar-refractivity contribution in [3.8, 4) is 28.9 Å². The van der Waals surface area contributed by atoms with Gasteiger partial charge in [-0.1, -0.05) is 6.07 Å². The first-order valence-electron chi connectivity index (χ1n) is 11.5. The van der Waals surface area contributed by atoms with E-state index in [0.717, 1.165) is 10.5 Å². The summed E-state index contributed by atoms with van der Waals surface area (Å²) in [6, 6.07) is 16.4. The molecule has 0 atom stereocenters. The number of hydrogen-bond acceptors (Lipinski definition) is 8. The van der Waals surface area contributed by atoms with Crippen LogP contribution in [-0.4, -0.2) is 42.4 Å². The van der Waals surface area contributed by atoms with E-state index in [1.54, 1.807) is 43.3 Å². The largest absolute Gasteiger partial charge is 0.493 e. The summed E-state index contributed by atoms with van der Waals surface area (Å²) in [6.45, 7) is 1.60. The number of methoxy groups -OCH3 is 2. The molecule has 0 bridgehead atoms. The molecule has 0 unspecified atom stereocenters. The molecule has 0 saturated heterocycles. The van der Waals surface area contributed by atoms with Gasteiger partial charge in [-0.2, -0.15) is 5.26 Å². The molecule has 2 aromatic carbocycles. The highest BCUT2D eigenvalue weighted by molar-refractivity contribution is 6.19. The van der Waals surface area contributed by atoms with Gasteiger partial charge >= 0.3 is 0 Å². The monoisotopic (exact) mass is 513 g/mol. The molecule has 0 N–H and O–H groups in total. The highest BCUT2D eigenvalue weighted by atomic mass is 16.6. The number of ether oxygens (including phenoxy) is 2. The molecule has 2 amide bonds. The van der Waals surface area contributed by atoms with Crippen molar-refractivity contribution in [1.82, 2.24) is 4.90 Å². The van der Waals surface area contributed by atoms with Crippen LogP contribution in [0.4, 0.5) is 5.69 Å². The third-order valence-corrected chi connectivity index (χ3v) is 6.17. The Bertz CT molecular complexity index is 1520. The summed E-state index contributed by atoms with van der Waals surface area (Å²) in [6.07, 6.45) is 1.83. The lowest BCUT2D eigenvalue weighted by molar-refractivity contribution is -0.384. The number of carbonyl (C=O) groups is 2. The molecule has 0 spiro atoms. The first kappa shape index (κ1) is 25.9. The first-order valence-corrected chi connectivity index (χ1v) is 11.5. The Morgan fingerprint density at radius 2 is 1.74 bits per heavy atom. The van der Waals surface area contributed by atoms with Crippen LogP contribution in [0.5, 0.6) is 11.5 Å². The van der Waals surface area contributed by atoms with Crippen molar-refractivity contribution in [3.63, 3.8) is 0 Å². The number of nitro groups is 1. The quantitative estimate of drug-likeness (QED) is 0.183. The van der Waals surface area contributed by atoms with E-state index in [9.17, 15) is 25.0 Å². The van der Waals surface area contributed by atoms with Crippen molar-refractivity contribution in [2.24, 2.45) is 0 Å². The van der Waals surface area contributed by atoms with Crippen LogP contribution in [0.1, 0.15) is 18.2 Å². The average Bonchev–Trinajstić information content (AvgIpc) is 3.40. The molecule has 0 fully saturated rings.